The van der Waals surface area contributed by atoms with E-state index in [-0.39, 0.29) is 34.1 Å². The predicted octanol–water partition coefficient (Wildman–Crippen LogP) is 15.6. The van der Waals surface area contributed by atoms with Gasteiger partial charge in [0.15, 0.2) is 14.0 Å². The number of nitrogens with two attached hydrogens (primary N) is 2. The zero-order chi connectivity index (χ0) is 76.2. The molecule has 574 valence electrons. The number of halogens is 4. The first-order chi connectivity index (χ1) is 50.8. The van der Waals surface area contributed by atoms with Crippen molar-refractivity contribution < 1.29 is 38.6 Å². The average molecular weight is 1690 g/mol. The maximum Gasteiger partial charge on any atom is 0.220 e. The van der Waals surface area contributed by atoms with E-state index in [1.807, 2.05) is 51.5 Å². The van der Waals surface area contributed by atoms with Crippen LogP contribution in [0.3, 0.4) is 0 Å². The van der Waals surface area contributed by atoms with Gasteiger partial charge in [-0.15, -0.1) is 12.4 Å². The minimum atomic E-state index is -1.21. The van der Waals surface area contributed by atoms with Gasteiger partial charge in [0.05, 0.1) is 48.7 Å². The van der Waals surface area contributed by atoms with E-state index in [0.29, 0.717) is 42.1 Å². The molecule has 4 heterocycles. The smallest absolute Gasteiger partial charge is 0.220 e. The van der Waals surface area contributed by atoms with Gasteiger partial charge in [0, 0.05) is 119 Å². The number of aryl methyl sites for hydroxylation is 1. The topological polar surface area (TPSA) is 288 Å². The molecule has 4 aromatic carbocycles. The van der Waals surface area contributed by atoms with Gasteiger partial charge in [-0.25, -0.2) is 35.3 Å². The Labute approximate surface area is 663 Å². The van der Waals surface area contributed by atoms with Crippen LogP contribution in [0.25, 0.3) is 11.1 Å². The van der Waals surface area contributed by atoms with Crippen LogP contribution in [0.4, 0.5) is 0 Å². The second-order valence-electron chi connectivity index (χ2n) is 30.4. The van der Waals surface area contributed by atoms with Crippen molar-refractivity contribution in [2.24, 2.45) is 52.8 Å². The molecule has 2 aliphatic heterocycles. The number of ketones is 1. The molecule has 0 bridgehead atoms. The van der Waals surface area contributed by atoms with Crippen LogP contribution in [0.5, 0.6) is 0 Å². The first-order valence-electron chi connectivity index (χ1n) is 36.5. The van der Waals surface area contributed by atoms with Crippen molar-refractivity contribution in [1.82, 2.24) is 36.0 Å². The molecule has 6 aromatic rings. The van der Waals surface area contributed by atoms with Gasteiger partial charge in [-0.05, 0) is 255 Å². The van der Waals surface area contributed by atoms with Crippen molar-refractivity contribution in [1.29, 1.82) is 5.26 Å². The van der Waals surface area contributed by atoms with Crippen LogP contribution in [0.1, 0.15) is 158 Å². The molecular weight excluding hydrogens is 1590 g/mol. The summed E-state index contributed by atoms with van der Waals surface area (Å²) in [6, 6.07) is 29.3. The average Bonchev–Trinajstić information content (AvgIpc) is 1.54. The van der Waals surface area contributed by atoms with Gasteiger partial charge in [-0.2, -0.15) is 30.6 Å². The highest BCUT2D eigenvalue weighted by Gasteiger charge is 2.65. The Morgan fingerprint density at radius 2 is 1.00 bits per heavy atom. The van der Waals surface area contributed by atoms with Crippen molar-refractivity contribution in [3.05, 3.63) is 180 Å². The lowest BCUT2D eigenvalue weighted by Gasteiger charge is -2.45. The summed E-state index contributed by atoms with van der Waals surface area (Å²) in [6.45, 7) is 11.8. The number of guanidine groups is 2. The van der Waals surface area contributed by atoms with E-state index in [1.54, 1.807) is 68.8 Å². The largest absolute Gasteiger partial charge is 0.381 e. The van der Waals surface area contributed by atoms with Crippen molar-refractivity contribution in [2.45, 2.75) is 191 Å². The second-order valence-corrected chi connectivity index (χ2v) is 37.7. The number of aliphatic imine (C=N–C) groups is 3. The molecule has 0 saturated heterocycles. The first kappa shape index (κ1) is 84.5. The molecular formula is C80H104Br3ClN14O8Si. The second kappa shape index (κ2) is 36.5. The number of carbonyl (C=O) groups excluding carboxylic acids is 1. The predicted molar refractivity (Wildman–Crippen MR) is 434 cm³/mol. The third-order valence-electron chi connectivity index (χ3n) is 22.9. The van der Waals surface area contributed by atoms with Gasteiger partial charge in [0.2, 0.25) is 29.6 Å². The summed E-state index contributed by atoms with van der Waals surface area (Å²) in [5, 5.41) is 34.7. The summed E-state index contributed by atoms with van der Waals surface area (Å²) in [5.74, 6) is 3.78. The van der Waals surface area contributed by atoms with E-state index in [1.165, 1.54) is 29.3 Å². The van der Waals surface area contributed by atoms with Crippen molar-refractivity contribution in [3.63, 3.8) is 0 Å². The quantitative estimate of drug-likeness (QED) is 0.0521. The standard InChI is InChI=1S/C21H25N5O2.C17H22BrN3O2.C16H17BrN2O.C15H17BrO2.C5H6N2.C5H11NSi.CH5NO.ClH/c1-26-19(22)25-21(28-26)18-11-14(16-7-10-23-24-13-16)3-4-15(18)12-20(21)8-5-17(27-2)6-9-20;1-21-15(19)20-17(23-21)14-9-12(18)4-3-11(14)10-16(17)7-5-13(22-2)6-8-16;1-20-13-4-6-16(7-5-13)9-11-2-3-12(17)8-14(11)15(16)19-10-18;1-18-12-4-6-15(7-5-12)9-10-2-3-11(16)8-13(10)14(15)17;1-5-2-3-6-7-4-5;1-5-6-7(2,3)4;1-2-3;/h3-4,7,10-11,13,17H,5-6,8-9,12H2,1-2H3,(H2,22,25);3-4,9,13H,5-8,10H2,1-2H3,(H2,19,20);2-3,8,13H,4-7,9H2,1H3;2-3,8,12H,4-7,9H2,1H3;2-4H,1H3;1H2,2-4H3;2-3H,1H3;1H. The zero-order valence-corrected chi connectivity index (χ0v) is 70.0. The third-order valence-corrected chi connectivity index (χ3v) is 25.2. The monoisotopic (exact) mass is 1690 g/mol. The molecule has 4 saturated carbocycles. The molecule has 107 heavy (non-hydrogen) atoms. The SMILES string of the molecule is C=C=N[Si](C)(C)C.CNO.COC1CCC2(CC1)Cc1ccc(-c3ccnnc3)cc1C21N=C(N)N(C)O1.COC1CCC2(CC1)Cc1ccc(Br)cc1C21N=C(N)N(C)O1.COC1CCC2(CC1)Cc1ccc(Br)cc1C2=NC#N.COC1CCC2(CC1)Cc1ccc(Br)cc1C2=O.Cc1ccnnc1.Cl. The number of hydrogen-bond donors (Lipinski definition) is 4. The number of rotatable bonds is 6. The number of nitrogens with one attached hydrogen (secondary N) is 1. The molecule has 2 atom stereocenters. The van der Waals surface area contributed by atoms with Crippen LogP contribution in [0.2, 0.25) is 19.6 Å². The van der Waals surface area contributed by atoms with Crippen LogP contribution in [-0.2, 0) is 65.8 Å². The van der Waals surface area contributed by atoms with Crippen molar-refractivity contribution in [2.75, 3.05) is 49.6 Å². The van der Waals surface area contributed by atoms with E-state index in [2.05, 4.69) is 171 Å². The lowest BCUT2D eigenvalue weighted by molar-refractivity contribution is -0.232. The summed E-state index contributed by atoms with van der Waals surface area (Å²) in [6.07, 6.45) is 30.4. The number of nitrogens with zero attached hydrogens (tertiary/aromatic N) is 11. The van der Waals surface area contributed by atoms with Gasteiger partial charge in [-0.1, -0.05) is 78.1 Å². The number of benzene rings is 4. The van der Waals surface area contributed by atoms with Crippen molar-refractivity contribution >= 4 is 97.7 Å². The Hall–Kier alpha value is -6.51. The molecule has 22 nitrogen and oxygen atoms in total. The molecule has 6 N–H and O–H groups in total. The molecule has 0 radical (unpaired) electrons. The van der Waals surface area contributed by atoms with E-state index in [0.717, 1.165) is 186 Å². The first-order valence-corrected chi connectivity index (χ1v) is 42.3. The summed E-state index contributed by atoms with van der Waals surface area (Å²) in [4.78, 5) is 39.4. The lowest BCUT2D eigenvalue weighted by atomic mass is 9.66. The highest BCUT2D eigenvalue weighted by molar-refractivity contribution is 9.11. The number of fused-ring (bicyclic) bond motifs is 8. The van der Waals surface area contributed by atoms with Crippen LogP contribution in [0.15, 0.2) is 149 Å². The Bertz CT molecular complexity index is 4230. The fourth-order valence-corrected chi connectivity index (χ4v) is 18.9. The molecule has 2 aromatic heterocycles. The number of ether oxygens (including phenoxy) is 4. The Morgan fingerprint density at radius 3 is 1.39 bits per heavy atom. The highest BCUT2D eigenvalue weighted by atomic mass is 79.9. The Balaban J connectivity index is 0.000000154. The maximum atomic E-state index is 12.7. The van der Waals surface area contributed by atoms with Crippen LogP contribution >= 0.6 is 60.2 Å². The number of carbonyl (C=O) groups is 1. The number of hydroxylamine groups is 5. The van der Waals surface area contributed by atoms with E-state index in [4.69, 9.17) is 60.5 Å². The maximum absolute atomic E-state index is 12.7. The molecule has 27 heteroatoms. The Morgan fingerprint density at radius 1 is 0.589 bits per heavy atom. The molecule has 8 aliphatic carbocycles. The van der Waals surface area contributed by atoms with E-state index in [9.17, 15) is 4.79 Å². The van der Waals surface area contributed by atoms with Gasteiger partial charge < -0.3 is 35.6 Å². The van der Waals surface area contributed by atoms with Crippen LogP contribution in [0, 0.1) is 40.0 Å². The number of aromatic nitrogens is 4. The number of Topliss-reactive ketones (excluding diaryl/α,β-unsaturated/α-hetero) is 1. The number of nitriles is 1. The van der Waals surface area contributed by atoms with Crippen molar-refractivity contribution in [3.8, 4) is 17.3 Å². The summed E-state index contributed by atoms with van der Waals surface area (Å²) in [5.41, 5.74) is 26.1. The lowest BCUT2D eigenvalue weighted by Crippen LogP contribution is -2.46. The highest BCUT2D eigenvalue weighted by Crippen LogP contribution is 2.64. The Kier molecular flexibility index (Phi) is 28.9. The molecule has 6 spiro atoms. The molecule has 0 amide bonds. The molecule has 10 aliphatic rings. The normalized spacial score (nSPS) is 28.2. The minimum Gasteiger partial charge on any atom is -0.381 e. The van der Waals surface area contributed by atoms with E-state index < -0.39 is 19.7 Å². The van der Waals surface area contributed by atoms with Gasteiger partial charge >= 0.3 is 0 Å². The fourth-order valence-electron chi connectivity index (χ4n) is 17.4. The molecule has 16 rings (SSSR count). The zero-order valence-electron chi connectivity index (χ0n) is 63.5. The summed E-state index contributed by atoms with van der Waals surface area (Å²) in [7, 11) is 11.0. The number of methoxy groups -OCH3 is 4. The van der Waals surface area contributed by atoms with Gasteiger partial charge in [-0.3, -0.25) is 9.45 Å². The number of hydrogen-bond acceptors (Lipinski definition) is 22. The summed E-state index contributed by atoms with van der Waals surface area (Å²) < 4.78 is 29.2. The molecule has 2 unspecified atom stereocenters. The fraction of sp³-hybridized carbons (Fsp3) is 0.512. The molecule has 4 fully saturated rings. The third kappa shape index (κ3) is 18.4. The van der Waals surface area contributed by atoms with E-state index >= 15 is 0 Å². The minimum absolute atomic E-state index is 0. The summed E-state index contributed by atoms with van der Waals surface area (Å²) >= 11 is 10.6. The van der Waals surface area contributed by atoms with Gasteiger partial charge in [0.25, 0.3) is 0 Å². The van der Waals surface area contributed by atoms with Gasteiger partial charge in [0.1, 0.15) is 0 Å². The van der Waals surface area contributed by atoms with Crippen LogP contribution < -0.4 is 16.9 Å². The van der Waals surface area contributed by atoms with Crippen LogP contribution in [-0.4, -0.2) is 147 Å².